The van der Waals surface area contributed by atoms with Crippen LogP contribution >= 0.6 is 0 Å². The summed E-state index contributed by atoms with van der Waals surface area (Å²) in [5.74, 6) is 0. The maximum atomic E-state index is 10.2. The lowest BCUT2D eigenvalue weighted by molar-refractivity contribution is 0.102. The maximum Gasteiger partial charge on any atom is 0.0805 e. The molecule has 0 aliphatic heterocycles. The summed E-state index contributed by atoms with van der Waals surface area (Å²) in [6, 6.07) is 0. The van der Waals surface area contributed by atoms with Crippen molar-refractivity contribution < 1.29 is 5.11 Å². The van der Waals surface area contributed by atoms with Gasteiger partial charge in [-0.1, -0.05) is 37.1 Å². The highest BCUT2D eigenvalue weighted by Crippen LogP contribution is 2.19. The monoisotopic (exact) mass is 210 g/mol. The molecular formula is C14H26O. The zero-order valence-corrected chi connectivity index (χ0v) is 10.9. The summed E-state index contributed by atoms with van der Waals surface area (Å²) in [5.41, 5.74) is 2.02. The molecule has 0 spiro atoms. The molecule has 0 aromatic heterocycles. The Kier molecular flexibility index (Phi) is 6.58. The van der Waals surface area contributed by atoms with Crippen LogP contribution < -0.4 is 0 Å². The maximum absolute atomic E-state index is 10.2. The van der Waals surface area contributed by atoms with Crippen LogP contribution in [0, 0.1) is 0 Å². The van der Waals surface area contributed by atoms with Crippen LogP contribution in [-0.2, 0) is 0 Å². The second-order valence-electron chi connectivity index (χ2n) is 4.69. The van der Waals surface area contributed by atoms with E-state index in [1.54, 1.807) is 0 Å². The fraction of sp³-hybridized carbons (Fsp3) is 0.714. The van der Waals surface area contributed by atoms with Crippen molar-refractivity contribution >= 4 is 0 Å². The molecular weight excluding hydrogens is 184 g/mol. The van der Waals surface area contributed by atoms with Crippen molar-refractivity contribution in [1.29, 1.82) is 0 Å². The Morgan fingerprint density at radius 1 is 1.20 bits per heavy atom. The first-order valence-corrected chi connectivity index (χ1v) is 5.97. The van der Waals surface area contributed by atoms with Gasteiger partial charge in [0.1, 0.15) is 0 Å². The lowest BCUT2D eigenvalue weighted by Gasteiger charge is -2.20. The predicted molar refractivity (Wildman–Crippen MR) is 68.0 cm³/mol. The molecule has 0 aromatic rings. The average molecular weight is 210 g/mol. The highest BCUT2D eigenvalue weighted by atomic mass is 16.3. The van der Waals surface area contributed by atoms with E-state index in [0.717, 1.165) is 25.7 Å². The Morgan fingerprint density at radius 3 is 2.13 bits per heavy atom. The van der Waals surface area contributed by atoms with Gasteiger partial charge in [-0.15, -0.1) is 0 Å². The van der Waals surface area contributed by atoms with Crippen LogP contribution in [0.15, 0.2) is 23.3 Å². The largest absolute Gasteiger partial charge is 0.386 e. The Labute approximate surface area is 94.9 Å². The van der Waals surface area contributed by atoms with Gasteiger partial charge in [-0.25, -0.2) is 0 Å². The minimum absolute atomic E-state index is 0.646. The number of hydrogen-bond acceptors (Lipinski definition) is 1. The van der Waals surface area contributed by atoms with Crippen molar-refractivity contribution in [2.24, 2.45) is 0 Å². The van der Waals surface area contributed by atoms with Gasteiger partial charge in [0.15, 0.2) is 0 Å². The van der Waals surface area contributed by atoms with E-state index in [9.17, 15) is 5.11 Å². The zero-order chi connectivity index (χ0) is 11.9. The molecule has 0 aliphatic rings. The van der Waals surface area contributed by atoms with Gasteiger partial charge in [0.25, 0.3) is 0 Å². The van der Waals surface area contributed by atoms with Gasteiger partial charge >= 0.3 is 0 Å². The SMILES string of the molecule is CCC(=CC(C)(O)CCC=C(C)C)CC. The highest BCUT2D eigenvalue weighted by Gasteiger charge is 2.16. The molecule has 0 amide bonds. The quantitative estimate of drug-likeness (QED) is 0.650. The fourth-order valence-corrected chi connectivity index (χ4v) is 1.62. The van der Waals surface area contributed by atoms with E-state index in [2.05, 4.69) is 33.8 Å². The summed E-state index contributed by atoms with van der Waals surface area (Å²) in [7, 11) is 0. The third-order valence-electron chi connectivity index (χ3n) is 2.63. The van der Waals surface area contributed by atoms with Crippen molar-refractivity contribution in [1.82, 2.24) is 0 Å². The van der Waals surface area contributed by atoms with Crippen LogP contribution in [0.25, 0.3) is 0 Å². The second kappa shape index (κ2) is 6.84. The smallest absolute Gasteiger partial charge is 0.0805 e. The lowest BCUT2D eigenvalue weighted by Crippen LogP contribution is -2.21. The standard InChI is InChI=1S/C14H26O/c1-6-13(7-2)11-14(5,15)10-8-9-12(3)4/h9,11,15H,6-8,10H2,1-5H3. The Morgan fingerprint density at radius 2 is 1.73 bits per heavy atom. The summed E-state index contributed by atoms with van der Waals surface area (Å²) in [6.45, 7) is 10.4. The summed E-state index contributed by atoms with van der Waals surface area (Å²) in [5, 5.41) is 10.2. The topological polar surface area (TPSA) is 20.2 Å². The minimum atomic E-state index is -0.646. The van der Waals surface area contributed by atoms with E-state index in [0.29, 0.717) is 0 Å². The third-order valence-corrected chi connectivity index (χ3v) is 2.63. The Balaban J connectivity index is 4.28. The molecule has 0 radical (unpaired) electrons. The van der Waals surface area contributed by atoms with E-state index in [4.69, 9.17) is 0 Å². The number of allylic oxidation sites excluding steroid dienone is 3. The third kappa shape index (κ3) is 7.38. The molecule has 0 aliphatic carbocycles. The normalized spacial score (nSPS) is 14.3. The Bertz CT molecular complexity index is 224. The van der Waals surface area contributed by atoms with E-state index in [1.807, 2.05) is 13.0 Å². The van der Waals surface area contributed by atoms with Gasteiger partial charge in [0.05, 0.1) is 5.60 Å². The van der Waals surface area contributed by atoms with Crippen LogP contribution in [0.3, 0.4) is 0 Å². The van der Waals surface area contributed by atoms with Crippen LogP contribution in [0.4, 0.5) is 0 Å². The first-order valence-electron chi connectivity index (χ1n) is 5.97. The lowest BCUT2D eigenvalue weighted by atomic mass is 9.95. The summed E-state index contributed by atoms with van der Waals surface area (Å²) in [6.07, 6.45) is 8.05. The minimum Gasteiger partial charge on any atom is -0.386 e. The Hall–Kier alpha value is -0.560. The van der Waals surface area contributed by atoms with Crippen LogP contribution in [-0.4, -0.2) is 10.7 Å². The number of aliphatic hydroxyl groups is 1. The molecule has 0 fully saturated rings. The zero-order valence-electron chi connectivity index (χ0n) is 10.9. The summed E-state index contributed by atoms with van der Waals surface area (Å²) >= 11 is 0. The van der Waals surface area contributed by atoms with Crippen LogP contribution in [0.5, 0.6) is 0 Å². The first kappa shape index (κ1) is 14.4. The van der Waals surface area contributed by atoms with Crippen molar-refractivity contribution in [3.05, 3.63) is 23.3 Å². The van der Waals surface area contributed by atoms with E-state index in [-0.39, 0.29) is 0 Å². The van der Waals surface area contributed by atoms with Crippen molar-refractivity contribution in [3.8, 4) is 0 Å². The van der Waals surface area contributed by atoms with Gasteiger partial charge in [-0.05, 0) is 46.5 Å². The molecule has 1 N–H and O–H groups in total. The molecule has 0 bridgehead atoms. The van der Waals surface area contributed by atoms with Gasteiger partial charge < -0.3 is 5.11 Å². The predicted octanol–water partition coefficient (Wildman–Crippen LogP) is 4.23. The van der Waals surface area contributed by atoms with Crippen LogP contribution in [0.2, 0.25) is 0 Å². The molecule has 1 heteroatoms. The molecule has 1 nitrogen and oxygen atoms in total. The number of rotatable bonds is 6. The molecule has 0 saturated carbocycles. The molecule has 0 rings (SSSR count). The van der Waals surface area contributed by atoms with Crippen molar-refractivity contribution in [2.45, 2.75) is 65.9 Å². The van der Waals surface area contributed by atoms with Gasteiger partial charge in [-0.2, -0.15) is 0 Å². The summed E-state index contributed by atoms with van der Waals surface area (Å²) in [4.78, 5) is 0. The summed E-state index contributed by atoms with van der Waals surface area (Å²) < 4.78 is 0. The van der Waals surface area contributed by atoms with Gasteiger partial charge in [0, 0.05) is 0 Å². The molecule has 88 valence electrons. The molecule has 0 aromatic carbocycles. The number of hydrogen-bond donors (Lipinski definition) is 1. The first-order chi connectivity index (χ1) is 6.91. The fourth-order valence-electron chi connectivity index (χ4n) is 1.62. The van der Waals surface area contributed by atoms with E-state index < -0.39 is 5.60 Å². The van der Waals surface area contributed by atoms with E-state index >= 15 is 0 Å². The average Bonchev–Trinajstić information content (AvgIpc) is 2.13. The highest BCUT2D eigenvalue weighted by molar-refractivity contribution is 5.09. The van der Waals surface area contributed by atoms with Crippen LogP contribution in [0.1, 0.15) is 60.3 Å². The molecule has 15 heavy (non-hydrogen) atoms. The second-order valence-corrected chi connectivity index (χ2v) is 4.69. The molecule has 1 unspecified atom stereocenters. The molecule has 1 atom stereocenters. The van der Waals surface area contributed by atoms with Gasteiger partial charge in [-0.3, -0.25) is 0 Å². The van der Waals surface area contributed by atoms with Crippen molar-refractivity contribution in [2.75, 3.05) is 0 Å². The molecule has 0 heterocycles. The molecule has 0 saturated heterocycles. The van der Waals surface area contributed by atoms with Gasteiger partial charge in [0.2, 0.25) is 0 Å². The van der Waals surface area contributed by atoms with E-state index in [1.165, 1.54) is 11.1 Å². The van der Waals surface area contributed by atoms with Crippen molar-refractivity contribution in [3.63, 3.8) is 0 Å².